The van der Waals surface area contributed by atoms with E-state index >= 15 is 0 Å². The summed E-state index contributed by atoms with van der Waals surface area (Å²) in [7, 11) is 0. The topological polar surface area (TPSA) is 51.0 Å². The Hall–Kier alpha value is -1.84. The highest BCUT2D eigenvalue weighted by atomic mass is 16.4. The van der Waals surface area contributed by atoms with E-state index in [-0.39, 0.29) is 0 Å². The van der Waals surface area contributed by atoms with Gasteiger partial charge in [-0.3, -0.25) is 0 Å². The van der Waals surface area contributed by atoms with Crippen LogP contribution in [0.15, 0.2) is 28.7 Å². The fraction of sp³-hybridized carbons (Fsp3) is 0.385. The molecule has 0 unspecified atom stereocenters. The molecular formula is C13H15N3O. The number of aryl methyl sites for hydroxylation is 1. The van der Waals surface area contributed by atoms with E-state index in [1.54, 1.807) is 6.92 Å². The predicted octanol–water partition coefficient (Wildman–Crippen LogP) is 2.87. The van der Waals surface area contributed by atoms with Gasteiger partial charge in [0, 0.05) is 19.2 Å². The van der Waals surface area contributed by atoms with E-state index in [1.165, 1.54) is 12.8 Å². The lowest BCUT2D eigenvalue weighted by molar-refractivity contribution is 0.533. The molecule has 1 N–H and O–H groups in total. The highest BCUT2D eigenvalue weighted by Gasteiger charge is 2.21. The van der Waals surface area contributed by atoms with Gasteiger partial charge in [0.15, 0.2) is 0 Å². The first-order valence-corrected chi connectivity index (χ1v) is 5.96. The molecule has 0 saturated heterocycles. The molecule has 4 nitrogen and oxygen atoms in total. The van der Waals surface area contributed by atoms with Gasteiger partial charge >= 0.3 is 0 Å². The van der Waals surface area contributed by atoms with Gasteiger partial charge < -0.3 is 9.73 Å². The third-order valence-corrected chi connectivity index (χ3v) is 2.96. The van der Waals surface area contributed by atoms with Crippen molar-refractivity contribution in [1.29, 1.82) is 0 Å². The lowest BCUT2D eigenvalue weighted by Crippen LogP contribution is -2.04. The quantitative estimate of drug-likeness (QED) is 0.875. The number of aromatic nitrogens is 2. The van der Waals surface area contributed by atoms with Crippen molar-refractivity contribution in [2.24, 2.45) is 5.92 Å². The van der Waals surface area contributed by atoms with Crippen LogP contribution in [-0.2, 0) is 0 Å². The van der Waals surface area contributed by atoms with Gasteiger partial charge in [0.1, 0.15) is 0 Å². The van der Waals surface area contributed by atoms with Crippen molar-refractivity contribution >= 4 is 5.69 Å². The molecule has 2 aromatic rings. The Morgan fingerprint density at radius 1 is 1.29 bits per heavy atom. The van der Waals surface area contributed by atoms with Crippen molar-refractivity contribution in [3.8, 4) is 11.5 Å². The molecule has 0 amide bonds. The molecule has 4 heteroatoms. The minimum atomic E-state index is 0.585. The zero-order chi connectivity index (χ0) is 11.7. The van der Waals surface area contributed by atoms with E-state index in [1.807, 2.05) is 18.2 Å². The number of nitrogens with one attached hydrogen (secondary N) is 1. The average molecular weight is 229 g/mol. The molecule has 1 aliphatic carbocycles. The molecule has 0 radical (unpaired) electrons. The van der Waals surface area contributed by atoms with Crippen LogP contribution >= 0.6 is 0 Å². The Labute approximate surface area is 100 Å². The van der Waals surface area contributed by atoms with E-state index < -0.39 is 0 Å². The Bertz CT molecular complexity index is 517. The van der Waals surface area contributed by atoms with Crippen LogP contribution in [0.4, 0.5) is 5.69 Å². The fourth-order valence-electron chi connectivity index (χ4n) is 1.81. The molecule has 1 saturated carbocycles. The summed E-state index contributed by atoms with van der Waals surface area (Å²) < 4.78 is 5.47. The van der Waals surface area contributed by atoms with Gasteiger partial charge in [-0.1, -0.05) is 12.1 Å². The highest BCUT2D eigenvalue weighted by Crippen LogP contribution is 2.31. The summed E-state index contributed by atoms with van der Waals surface area (Å²) in [6.45, 7) is 2.83. The average Bonchev–Trinajstić information content (AvgIpc) is 3.08. The molecule has 1 fully saturated rings. The Balaban J connectivity index is 1.86. The molecule has 1 aliphatic rings. The number of hydrogen-bond acceptors (Lipinski definition) is 4. The maximum atomic E-state index is 5.47. The monoisotopic (exact) mass is 229 g/mol. The zero-order valence-corrected chi connectivity index (χ0v) is 9.81. The van der Waals surface area contributed by atoms with E-state index in [2.05, 4.69) is 21.6 Å². The zero-order valence-electron chi connectivity index (χ0n) is 9.81. The first-order chi connectivity index (χ1) is 8.33. The van der Waals surface area contributed by atoms with Crippen LogP contribution in [0.3, 0.4) is 0 Å². The van der Waals surface area contributed by atoms with Crippen molar-refractivity contribution in [3.63, 3.8) is 0 Å². The number of nitrogens with zero attached hydrogens (tertiary/aromatic N) is 2. The standard InChI is InChI=1S/C13H15N3O/c1-9-15-16-13(17-9)11-4-2-3-5-12(11)14-8-10-6-7-10/h2-5,10,14H,6-8H2,1H3. The van der Waals surface area contributed by atoms with Crippen molar-refractivity contribution in [1.82, 2.24) is 10.2 Å². The number of hydrogen-bond donors (Lipinski definition) is 1. The van der Waals surface area contributed by atoms with E-state index in [4.69, 9.17) is 4.42 Å². The Kier molecular flexibility index (Phi) is 2.55. The number of rotatable bonds is 4. The summed E-state index contributed by atoms with van der Waals surface area (Å²) in [4.78, 5) is 0. The Morgan fingerprint density at radius 2 is 2.12 bits per heavy atom. The van der Waals surface area contributed by atoms with Crippen LogP contribution in [0.1, 0.15) is 18.7 Å². The van der Waals surface area contributed by atoms with Crippen LogP contribution < -0.4 is 5.32 Å². The lowest BCUT2D eigenvalue weighted by Gasteiger charge is -2.08. The van der Waals surface area contributed by atoms with Crippen LogP contribution in [0.2, 0.25) is 0 Å². The van der Waals surface area contributed by atoms with Crippen molar-refractivity contribution < 1.29 is 4.42 Å². The predicted molar refractivity (Wildman–Crippen MR) is 65.7 cm³/mol. The molecule has 0 spiro atoms. The van der Waals surface area contributed by atoms with Crippen LogP contribution in [0, 0.1) is 12.8 Å². The van der Waals surface area contributed by atoms with Gasteiger partial charge in [-0.05, 0) is 30.9 Å². The number of para-hydroxylation sites is 1. The maximum Gasteiger partial charge on any atom is 0.249 e. The second-order valence-electron chi connectivity index (χ2n) is 4.50. The summed E-state index contributed by atoms with van der Waals surface area (Å²) in [5.74, 6) is 2.02. The second-order valence-corrected chi connectivity index (χ2v) is 4.50. The molecule has 3 rings (SSSR count). The lowest BCUT2D eigenvalue weighted by atomic mass is 10.1. The summed E-state index contributed by atoms with van der Waals surface area (Å²) in [5.41, 5.74) is 2.05. The largest absolute Gasteiger partial charge is 0.421 e. The molecule has 1 aromatic heterocycles. The molecular weight excluding hydrogens is 214 g/mol. The van der Waals surface area contributed by atoms with Crippen LogP contribution in [-0.4, -0.2) is 16.7 Å². The van der Waals surface area contributed by atoms with Gasteiger partial charge in [0.25, 0.3) is 0 Å². The second kappa shape index (κ2) is 4.20. The van der Waals surface area contributed by atoms with Gasteiger partial charge in [-0.25, -0.2) is 0 Å². The Morgan fingerprint density at radius 3 is 2.82 bits per heavy atom. The summed E-state index contributed by atoms with van der Waals surface area (Å²) in [6.07, 6.45) is 2.68. The first-order valence-electron chi connectivity index (χ1n) is 5.96. The van der Waals surface area contributed by atoms with Crippen LogP contribution in [0.25, 0.3) is 11.5 Å². The third-order valence-electron chi connectivity index (χ3n) is 2.96. The number of anilines is 1. The van der Waals surface area contributed by atoms with E-state index in [9.17, 15) is 0 Å². The van der Waals surface area contributed by atoms with Gasteiger partial charge in [-0.15, -0.1) is 10.2 Å². The normalized spacial score (nSPS) is 14.9. The van der Waals surface area contributed by atoms with E-state index in [0.717, 1.165) is 23.7 Å². The molecule has 1 heterocycles. The van der Waals surface area contributed by atoms with Gasteiger partial charge in [0.05, 0.1) is 5.56 Å². The van der Waals surface area contributed by atoms with Crippen LogP contribution in [0.5, 0.6) is 0 Å². The highest BCUT2D eigenvalue weighted by molar-refractivity contribution is 5.72. The molecule has 0 aliphatic heterocycles. The molecule has 1 aromatic carbocycles. The van der Waals surface area contributed by atoms with Gasteiger partial charge in [-0.2, -0.15) is 0 Å². The third kappa shape index (κ3) is 2.30. The summed E-state index contributed by atoms with van der Waals surface area (Å²) in [5, 5.41) is 11.4. The first kappa shape index (κ1) is 10.3. The molecule has 88 valence electrons. The fourth-order valence-corrected chi connectivity index (χ4v) is 1.81. The van der Waals surface area contributed by atoms with Crippen molar-refractivity contribution in [3.05, 3.63) is 30.2 Å². The minimum Gasteiger partial charge on any atom is -0.421 e. The SMILES string of the molecule is Cc1nnc(-c2ccccc2NCC2CC2)o1. The molecule has 0 atom stereocenters. The number of benzene rings is 1. The van der Waals surface area contributed by atoms with Crippen molar-refractivity contribution in [2.75, 3.05) is 11.9 Å². The maximum absolute atomic E-state index is 5.47. The summed E-state index contributed by atoms with van der Waals surface area (Å²) in [6, 6.07) is 8.05. The van der Waals surface area contributed by atoms with E-state index in [0.29, 0.717) is 11.8 Å². The van der Waals surface area contributed by atoms with Crippen molar-refractivity contribution in [2.45, 2.75) is 19.8 Å². The van der Waals surface area contributed by atoms with Gasteiger partial charge in [0.2, 0.25) is 11.8 Å². The smallest absolute Gasteiger partial charge is 0.249 e. The molecule has 17 heavy (non-hydrogen) atoms. The summed E-state index contributed by atoms with van der Waals surface area (Å²) >= 11 is 0. The molecule has 0 bridgehead atoms. The minimum absolute atomic E-state index is 0.585.